The number of aromatic nitrogens is 1. The van der Waals surface area contributed by atoms with Crippen molar-refractivity contribution in [1.82, 2.24) is 15.6 Å². The molecule has 0 atom stereocenters. The smallest absolute Gasteiger partial charge is 0.226 e. The highest BCUT2D eigenvalue weighted by Crippen LogP contribution is 2.18. The van der Waals surface area contributed by atoms with E-state index in [-0.39, 0.29) is 0 Å². The molecule has 0 aliphatic heterocycles. The van der Waals surface area contributed by atoms with Crippen LogP contribution in [0.4, 0.5) is 0 Å². The van der Waals surface area contributed by atoms with Gasteiger partial charge < -0.3 is 19.8 Å². The second-order valence-corrected chi connectivity index (χ2v) is 6.58. The van der Waals surface area contributed by atoms with Gasteiger partial charge in [-0.05, 0) is 30.3 Å². The van der Waals surface area contributed by atoms with Crippen molar-refractivity contribution >= 4 is 21.9 Å². The maximum Gasteiger partial charge on any atom is 0.226 e. The van der Waals surface area contributed by atoms with E-state index >= 15 is 0 Å². The zero-order valence-corrected chi connectivity index (χ0v) is 16.6. The molecule has 0 fully saturated rings. The van der Waals surface area contributed by atoms with Crippen molar-refractivity contribution in [2.24, 2.45) is 4.99 Å². The zero-order chi connectivity index (χ0) is 18.9. The van der Waals surface area contributed by atoms with Gasteiger partial charge in [0.15, 0.2) is 5.96 Å². The first-order valence-corrected chi connectivity index (χ1v) is 9.36. The second kappa shape index (κ2) is 9.78. The van der Waals surface area contributed by atoms with Crippen molar-refractivity contribution in [1.29, 1.82) is 0 Å². The van der Waals surface area contributed by atoms with E-state index in [2.05, 4.69) is 36.5 Å². The van der Waals surface area contributed by atoms with E-state index in [1.54, 1.807) is 13.3 Å². The van der Waals surface area contributed by atoms with Crippen molar-refractivity contribution in [3.63, 3.8) is 0 Å². The van der Waals surface area contributed by atoms with Gasteiger partial charge in [-0.25, -0.2) is 4.98 Å². The van der Waals surface area contributed by atoms with E-state index in [9.17, 15) is 0 Å². The van der Waals surface area contributed by atoms with Gasteiger partial charge in [-0.1, -0.05) is 40.2 Å². The Hall–Kier alpha value is -2.80. The molecule has 0 aliphatic carbocycles. The van der Waals surface area contributed by atoms with Gasteiger partial charge in [0, 0.05) is 17.1 Å². The number of oxazole rings is 1. The largest absolute Gasteiger partial charge is 0.492 e. The third-order valence-electron chi connectivity index (χ3n) is 3.69. The first-order valence-electron chi connectivity index (χ1n) is 8.57. The molecular weight excluding hydrogens is 408 g/mol. The van der Waals surface area contributed by atoms with E-state index in [1.165, 1.54) is 0 Å². The van der Waals surface area contributed by atoms with Crippen LogP contribution in [0, 0.1) is 0 Å². The summed E-state index contributed by atoms with van der Waals surface area (Å²) in [6.07, 6.45) is 1.65. The standard InChI is InChI=1S/C20H21BrN4O2/c1-22-20(23-10-11-26-18-9-5-8-16(21)12-18)24-13-17-14-27-19(25-17)15-6-3-2-4-7-15/h2-9,12,14H,10-11,13H2,1H3,(H2,22,23,24). The number of halogens is 1. The predicted molar refractivity (Wildman–Crippen MR) is 110 cm³/mol. The Balaban J connectivity index is 1.42. The molecule has 2 aromatic carbocycles. The number of nitrogens with zero attached hydrogens (tertiary/aromatic N) is 2. The Morgan fingerprint density at radius 2 is 2.00 bits per heavy atom. The second-order valence-electron chi connectivity index (χ2n) is 5.67. The van der Waals surface area contributed by atoms with Crippen molar-refractivity contribution in [2.75, 3.05) is 20.2 Å². The third-order valence-corrected chi connectivity index (χ3v) is 4.19. The number of aliphatic imine (C=N–C) groups is 1. The monoisotopic (exact) mass is 428 g/mol. The Bertz CT molecular complexity index is 880. The van der Waals surface area contributed by atoms with Crippen LogP contribution in [0.1, 0.15) is 5.69 Å². The van der Waals surface area contributed by atoms with Crippen molar-refractivity contribution in [3.05, 3.63) is 71.0 Å². The summed E-state index contributed by atoms with van der Waals surface area (Å²) in [5, 5.41) is 6.42. The SMILES string of the molecule is CN=C(NCCOc1cccc(Br)c1)NCc1coc(-c2ccccc2)n1. The van der Waals surface area contributed by atoms with Crippen LogP contribution < -0.4 is 15.4 Å². The predicted octanol–water partition coefficient (Wildman–Crippen LogP) is 3.85. The summed E-state index contributed by atoms with van der Waals surface area (Å²) in [6, 6.07) is 17.6. The van der Waals surface area contributed by atoms with E-state index < -0.39 is 0 Å². The quantitative estimate of drug-likeness (QED) is 0.339. The number of nitrogens with one attached hydrogen (secondary N) is 2. The zero-order valence-electron chi connectivity index (χ0n) is 15.0. The number of guanidine groups is 1. The highest BCUT2D eigenvalue weighted by Gasteiger charge is 2.07. The summed E-state index contributed by atoms with van der Waals surface area (Å²) in [7, 11) is 1.72. The highest BCUT2D eigenvalue weighted by molar-refractivity contribution is 9.10. The summed E-state index contributed by atoms with van der Waals surface area (Å²) >= 11 is 3.43. The van der Waals surface area contributed by atoms with Crippen LogP contribution >= 0.6 is 15.9 Å². The minimum Gasteiger partial charge on any atom is -0.492 e. The van der Waals surface area contributed by atoms with Crippen molar-refractivity contribution in [2.45, 2.75) is 6.54 Å². The molecule has 3 aromatic rings. The fourth-order valence-electron chi connectivity index (χ4n) is 2.39. The molecule has 7 heteroatoms. The van der Waals surface area contributed by atoms with Crippen LogP contribution in [0.15, 0.2) is 74.7 Å². The Morgan fingerprint density at radius 3 is 2.78 bits per heavy atom. The van der Waals surface area contributed by atoms with Gasteiger partial charge in [-0.2, -0.15) is 0 Å². The molecule has 0 radical (unpaired) electrons. The fourth-order valence-corrected chi connectivity index (χ4v) is 2.77. The third kappa shape index (κ3) is 5.86. The van der Waals surface area contributed by atoms with Crippen LogP contribution in [-0.2, 0) is 6.54 Å². The molecule has 2 N–H and O–H groups in total. The number of benzene rings is 2. The normalized spacial score (nSPS) is 11.3. The summed E-state index contributed by atoms with van der Waals surface area (Å²) in [6.45, 7) is 1.67. The van der Waals surface area contributed by atoms with Crippen LogP contribution in [0.2, 0.25) is 0 Å². The number of ether oxygens (including phenoxy) is 1. The van der Waals surface area contributed by atoms with Crippen molar-refractivity contribution in [3.8, 4) is 17.2 Å². The van der Waals surface area contributed by atoms with Crippen LogP contribution in [-0.4, -0.2) is 31.1 Å². The van der Waals surface area contributed by atoms with E-state index in [0.717, 1.165) is 21.5 Å². The molecule has 0 aliphatic rings. The van der Waals surface area contributed by atoms with Gasteiger partial charge >= 0.3 is 0 Å². The number of rotatable bonds is 7. The van der Waals surface area contributed by atoms with Gasteiger partial charge in [0.05, 0.1) is 18.8 Å². The number of hydrogen-bond donors (Lipinski definition) is 2. The molecular formula is C20H21BrN4O2. The molecule has 0 bridgehead atoms. The van der Waals surface area contributed by atoms with Gasteiger partial charge in [0.2, 0.25) is 5.89 Å². The van der Waals surface area contributed by atoms with E-state index in [1.807, 2.05) is 54.6 Å². The molecule has 1 heterocycles. The molecule has 27 heavy (non-hydrogen) atoms. The van der Waals surface area contributed by atoms with Gasteiger partial charge in [-0.15, -0.1) is 0 Å². The average Bonchev–Trinajstić information content (AvgIpc) is 3.17. The van der Waals surface area contributed by atoms with Crippen LogP contribution in [0.25, 0.3) is 11.5 Å². The molecule has 3 rings (SSSR count). The minimum atomic E-state index is 0.516. The Labute approximate surface area is 166 Å². The lowest BCUT2D eigenvalue weighted by Crippen LogP contribution is -2.38. The van der Waals surface area contributed by atoms with Crippen molar-refractivity contribution < 1.29 is 9.15 Å². The van der Waals surface area contributed by atoms with Gasteiger partial charge in [0.25, 0.3) is 0 Å². The molecule has 6 nitrogen and oxygen atoms in total. The topological polar surface area (TPSA) is 71.7 Å². The lowest BCUT2D eigenvalue weighted by atomic mass is 10.2. The summed E-state index contributed by atoms with van der Waals surface area (Å²) in [5.41, 5.74) is 1.76. The minimum absolute atomic E-state index is 0.516. The summed E-state index contributed by atoms with van der Waals surface area (Å²) < 4.78 is 12.2. The lowest BCUT2D eigenvalue weighted by molar-refractivity contribution is 0.321. The van der Waals surface area contributed by atoms with Crippen LogP contribution in [0.5, 0.6) is 5.75 Å². The summed E-state index contributed by atoms with van der Waals surface area (Å²) in [5.74, 6) is 2.11. The molecule has 0 amide bonds. The summed E-state index contributed by atoms with van der Waals surface area (Å²) in [4.78, 5) is 8.69. The molecule has 140 valence electrons. The highest BCUT2D eigenvalue weighted by atomic mass is 79.9. The Kier molecular flexibility index (Phi) is 6.87. The molecule has 0 saturated carbocycles. The maximum atomic E-state index is 5.69. The van der Waals surface area contributed by atoms with Crippen LogP contribution in [0.3, 0.4) is 0 Å². The lowest BCUT2D eigenvalue weighted by Gasteiger charge is -2.11. The molecule has 0 unspecified atom stereocenters. The average molecular weight is 429 g/mol. The van der Waals surface area contributed by atoms with Gasteiger partial charge in [-0.3, -0.25) is 4.99 Å². The fraction of sp³-hybridized carbons (Fsp3) is 0.200. The molecule has 0 saturated heterocycles. The first kappa shape index (κ1) is 19.0. The Morgan fingerprint density at radius 1 is 1.15 bits per heavy atom. The maximum absolute atomic E-state index is 5.69. The van der Waals surface area contributed by atoms with E-state index in [4.69, 9.17) is 9.15 Å². The van der Waals surface area contributed by atoms with Gasteiger partial charge in [0.1, 0.15) is 18.6 Å². The first-order chi connectivity index (χ1) is 13.2. The molecule has 1 aromatic heterocycles. The van der Waals surface area contributed by atoms with E-state index in [0.29, 0.717) is 31.5 Å². The number of hydrogen-bond acceptors (Lipinski definition) is 4. The molecule has 0 spiro atoms.